The lowest BCUT2D eigenvalue weighted by atomic mass is 9.96. The zero-order chi connectivity index (χ0) is 30.6. The number of esters is 1. The maximum atomic E-state index is 14.1. The highest BCUT2D eigenvalue weighted by atomic mass is 16.6. The first-order chi connectivity index (χ1) is 18.6. The number of carbonyl (C=O) groups excluding carboxylic acids is 5. The summed E-state index contributed by atoms with van der Waals surface area (Å²) in [6, 6.07) is 2.78. The third-order valence-corrected chi connectivity index (χ3v) is 6.30. The van der Waals surface area contributed by atoms with E-state index in [1.807, 2.05) is 32.9 Å². The number of alkyl carbamates (subject to hydrolysis) is 1. The molecule has 0 spiro atoms. The van der Waals surface area contributed by atoms with Crippen molar-refractivity contribution in [2.45, 2.75) is 105 Å². The van der Waals surface area contributed by atoms with E-state index in [0.29, 0.717) is 12.0 Å². The highest BCUT2D eigenvalue weighted by Crippen LogP contribution is 2.28. The van der Waals surface area contributed by atoms with Crippen LogP contribution in [0.5, 0.6) is 0 Å². The van der Waals surface area contributed by atoms with Crippen molar-refractivity contribution < 1.29 is 33.4 Å². The highest BCUT2D eigenvalue weighted by molar-refractivity contribution is 5.93. The van der Waals surface area contributed by atoms with Crippen molar-refractivity contribution in [1.82, 2.24) is 15.5 Å². The normalized spacial score (nSPS) is 13.4. The molecule has 11 heteroatoms. The molecule has 224 valence electrons. The molecular weight excluding hydrogens is 516 g/mol. The van der Waals surface area contributed by atoms with Crippen LogP contribution in [0.4, 0.5) is 4.79 Å². The molecule has 11 nitrogen and oxygen atoms in total. The number of nitrogens with zero attached hydrogens (tertiary/aromatic N) is 1. The summed E-state index contributed by atoms with van der Waals surface area (Å²) in [7, 11) is 0. The Morgan fingerprint density at radius 2 is 1.68 bits per heavy atom. The van der Waals surface area contributed by atoms with Crippen LogP contribution < -0.4 is 16.4 Å². The van der Waals surface area contributed by atoms with Crippen molar-refractivity contribution in [2.75, 3.05) is 13.2 Å². The molecule has 0 aliphatic carbocycles. The largest absolute Gasteiger partial charge is 0.466 e. The molecular formula is C29H46N4O7. The Hall–Kier alpha value is -3.63. The van der Waals surface area contributed by atoms with Gasteiger partial charge in [-0.15, -0.1) is 0 Å². The number of nitrogens with one attached hydrogen (secondary N) is 2. The van der Waals surface area contributed by atoms with Gasteiger partial charge in [0.15, 0.2) is 0 Å². The van der Waals surface area contributed by atoms with Gasteiger partial charge in [-0.25, -0.2) is 4.79 Å². The molecule has 0 saturated heterocycles. The first kappa shape index (κ1) is 34.4. The molecule has 0 radical (unpaired) electrons. The third kappa shape index (κ3) is 11.2. The van der Waals surface area contributed by atoms with Gasteiger partial charge in [0.05, 0.1) is 13.0 Å². The van der Waals surface area contributed by atoms with Crippen molar-refractivity contribution in [3.8, 4) is 0 Å². The molecule has 1 aromatic carbocycles. The van der Waals surface area contributed by atoms with Crippen LogP contribution in [0.15, 0.2) is 18.2 Å². The van der Waals surface area contributed by atoms with Crippen molar-refractivity contribution in [1.29, 1.82) is 0 Å². The molecule has 1 aromatic rings. The summed E-state index contributed by atoms with van der Waals surface area (Å²) in [5.74, 6) is -2.15. The minimum atomic E-state index is -1.18. The van der Waals surface area contributed by atoms with Crippen molar-refractivity contribution in [2.24, 2.45) is 5.73 Å². The summed E-state index contributed by atoms with van der Waals surface area (Å²) in [6.45, 7) is 14.5. The second-order valence-electron chi connectivity index (χ2n) is 10.8. The number of hydrogen-bond donors (Lipinski definition) is 3. The van der Waals surface area contributed by atoms with E-state index >= 15 is 0 Å². The summed E-state index contributed by atoms with van der Waals surface area (Å²) in [5, 5.41) is 5.33. The summed E-state index contributed by atoms with van der Waals surface area (Å²) in [6.07, 6.45) is -0.609. The van der Waals surface area contributed by atoms with Crippen molar-refractivity contribution >= 4 is 29.8 Å². The summed E-state index contributed by atoms with van der Waals surface area (Å²) < 4.78 is 10.3. The number of amides is 4. The lowest BCUT2D eigenvalue weighted by Gasteiger charge is -2.38. The van der Waals surface area contributed by atoms with E-state index in [9.17, 15) is 24.0 Å². The number of rotatable bonds is 14. The van der Waals surface area contributed by atoms with Gasteiger partial charge in [-0.2, -0.15) is 0 Å². The highest BCUT2D eigenvalue weighted by Gasteiger charge is 2.38. The van der Waals surface area contributed by atoms with Crippen LogP contribution in [0, 0.1) is 13.8 Å². The van der Waals surface area contributed by atoms with Crippen LogP contribution in [-0.2, 0) is 28.7 Å². The van der Waals surface area contributed by atoms with Gasteiger partial charge in [-0.3, -0.25) is 19.2 Å². The topological polar surface area (TPSA) is 157 Å². The van der Waals surface area contributed by atoms with Gasteiger partial charge in [0.2, 0.25) is 17.7 Å². The molecule has 1 rings (SSSR count). The Morgan fingerprint density at radius 3 is 2.20 bits per heavy atom. The number of primary amides is 1. The van der Waals surface area contributed by atoms with Crippen LogP contribution >= 0.6 is 0 Å². The monoisotopic (exact) mass is 562 g/mol. The molecule has 40 heavy (non-hydrogen) atoms. The summed E-state index contributed by atoms with van der Waals surface area (Å²) in [4.78, 5) is 65.4. The van der Waals surface area contributed by atoms with Crippen LogP contribution in [0.25, 0.3) is 0 Å². The van der Waals surface area contributed by atoms with Gasteiger partial charge < -0.3 is 30.7 Å². The van der Waals surface area contributed by atoms with Crippen LogP contribution in [-0.4, -0.2) is 65.5 Å². The van der Waals surface area contributed by atoms with E-state index in [2.05, 4.69) is 10.6 Å². The first-order valence-electron chi connectivity index (χ1n) is 13.7. The van der Waals surface area contributed by atoms with Crippen LogP contribution in [0.3, 0.4) is 0 Å². The summed E-state index contributed by atoms with van der Waals surface area (Å²) in [5.41, 5.74) is 7.04. The standard InChI is InChI=1S/C29H46N4O7/c1-9-20(5)33(27(37)22(13-14-23(30)34)32-28(38)40-29(6,7)8)25(21-12-11-18(3)19(4)17-21)26(36)31-16-15-24(35)39-10-2/h11-12,17,20,22,25H,9-10,13-16H2,1-8H3,(H2,30,34)(H,31,36)(H,32,38). The van der Waals surface area contributed by atoms with Crippen molar-refractivity contribution in [3.63, 3.8) is 0 Å². The Morgan fingerprint density at radius 1 is 1.02 bits per heavy atom. The van der Waals surface area contributed by atoms with Crippen LogP contribution in [0.1, 0.15) is 90.0 Å². The molecule has 3 unspecified atom stereocenters. The number of benzene rings is 1. The first-order valence-corrected chi connectivity index (χ1v) is 13.7. The molecule has 4 amide bonds. The van der Waals surface area contributed by atoms with E-state index in [1.165, 1.54) is 4.90 Å². The number of nitrogens with two attached hydrogens (primary N) is 1. The molecule has 0 bridgehead atoms. The Balaban J connectivity index is 3.53. The Kier molecular flexibility index (Phi) is 13.6. The van der Waals surface area contributed by atoms with Gasteiger partial charge in [0.25, 0.3) is 0 Å². The van der Waals surface area contributed by atoms with Gasteiger partial charge in [0.1, 0.15) is 17.7 Å². The van der Waals surface area contributed by atoms with Gasteiger partial charge in [-0.1, -0.05) is 25.1 Å². The van der Waals surface area contributed by atoms with E-state index in [1.54, 1.807) is 40.7 Å². The third-order valence-electron chi connectivity index (χ3n) is 6.30. The maximum absolute atomic E-state index is 14.1. The fraction of sp³-hybridized carbons (Fsp3) is 0.621. The molecule has 4 N–H and O–H groups in total. The van der Waals surface area contributed by atoms with Gasteiger partial charge >= 0.3 is 12.1 Å². The quantitative estimate of drug-likeness (QED) is 0.294. The van der Waals surface area contributed by atoms with Gasteiger partial charge in [0, 0.05) is 19.0 Å². The van der Waals surface area contributed by atoms with Crippen molar-refractivity contribution in [3.05, 3.63) is 34.9 Å². The second kappa shape index (κ2) is 15.8. The second-order valence-corrected chi connectivity index (χ2v) is 10.8. The molecule has 0 fully saturated rings. The number of carbonyl (C=O) groups is 5. The van der Waals surface area contributed by atoms with Gasteiger partial charge in [-0.05, 0) is 78.0 Å². The molecule has 0 heterocycles. The number of hydrogen-bond acceptors (Lipinski definition) is 7. The molecule has 0 aromatic heterocycles. The maximum Gasteiger partial charge on any atom is 0.408 e. The molecule has 0 saturated carbocycles. The lowest BCUT2D eigenvalue weighted by Crippen LogP contribution is -2.55. The van der Waals surface area contributed by atoms with E-state index in [0.717, 1.165) is 11.1 Å². The van der Waals surface area contributed by atoms with E-state index in [4.69, 9.17) is 15.2 Å². The minimum absolute atomic E-state index is 0.0167. The molecule has 0 aliphatic rings. The summed E-state index contributed by atoms with van der Waals surface area (Å²) >= 11 is 0. The fourth-order valence-corrected chi connectivity index (χ4v) is 3.96. The minimum Gasteiger partial charge on any atom is -0.466 e. The number of ether oxygens (including phenoxy) is 2. The average molecular weight is 563 g/mol. The average Bonchev–Trinajstić information content (AvgIpc) is 2.84. The predicted octanol–water partition coefficient (Wildman–Crippen LogP) is 3.20. The predicted molar refractivity (Wildman–Crippen MR) is 151 cm³/mol. The lowest BCUT2D eigenvalue weighted by molar-refractivity contribution is -0.146. The molecule has 0 aliphatic heterocycles. The van der Waals surface area contributed by atoms with E-state index in [-0.39, 0.29) is 32.4 Å². The Bertz CT molecular complexity index is 1050. The number of aryl methyl sites for hydroxylation is 2. The van der Waals surface area contributed by atoms with E-state index < -0.39 is 53.5 Å². The Labute approximate surface area is 237 Å². The van der Waals surface area contributed by atoms with Crippen LogP contribution in [0.2, 0.25) is 0 Å². The molecule has 3 atom stereocenters. The smallest absolute Gasteiger partial charge is 0.408 e. The fourth-order valence-electron chi connectivity index (χ4n) is 3.96. The zero-order valence-electron chi connectivity index (χ0n) is 25.1. The zero-order valence-corrected chi connectivity index (χ0v) is 25.1. The SMILES string of the molecule is CCOC(=O)CCNC(=O)C(c1ccc(C)c(C)c1)N(C(=O)C(CCC(N)=O)NC(=O)OC(C)(C)C)C(C)CC.